The number of carboxylic acids is 1. The monoisotopic (exact) mass is 225 g/mol. The van der Waals surface area contributed by atoms with Gasteiger partial charge in [-0.1, -0.05) is 13.3 Å². The van der Waals surface area contributed by atoms with Gasteiger partial charge >= 0.3 is 5.97 Å². The number of hydrogen-bond acceptors (Lipinski definition) is 2. The minimum atomic E-state index is -0.663. The quantitative estimate of drug-likeness (QED) is 0.754. The largest absolute Gasteiger partial charge is 0.481 e. The molecule has 1 atom stereocenters. The average Bonchev–Trinajstić information content (AvgIpc) is 2.09. The molecule has 3 nitrogen and oxygen atoms in total. The Hall–Kier alpha value is -0.570. The first-order valence-corrected chi connectivity index (χ1v) is 6.54. The lowest BCUT2D eigenvalue weighted by atomic mass is 9.63. The summed E-state index contributed by atoms with van der Waals surface area (Å²) < 4.78 is 0. The summed E-state index contributed by atoms with van der Waals surface area (Å²) in [5.41, 5.74) is 0.726. The Kier molecular flexibility index (Phi) is 3.53. The lowest BCUT2D eigenvalue weighted by molar-refractivity contribution is -0.137. The molecule has 2 fully saturated rings. The maximum atomic E-state index is 10.4. The topological polar surface area (TPSA) is 40.5 Å². The number of likely N-dealkylation sites (tertiary alicyclic amines) is 1. The molecule has 2 aliphatic rings. The Labute approximate surface area is 97.8 Å². The van der Waals surface area contributed by atoms with Crippen LogP contribution in [0.3, 0.4) is 0 Å². The molecule has 1 aliphatic heterocycles. The highest BCUT2D eigenvalue weighted by molar-refractivity contribution is 5.66. The maximum absolute atomic E-state index is 10.4. The van der Waals surface area contributed by atoms with Gasteiger partial charge in [-0.05, 0) is 43.6 Å². The molecule has 0 bridgehead atoms. The van der Waals surface area contributed by atoms with Crippen molar-refractivity contribution in [3.05, 3.63) is 0 Å². The third kappa shape index (κ3) is 2.76. The van der Waals surface area contributed by atoms with Crippen LogP contribution in [0.15, 0.2) is 0 Å². The van der Waals surface area contributed by atoms with Crippen LogP contribution in [0.5, 0.6) is 0 Å². The maximum Gasteiger partial charge on any atom is 0.303 e. The molecule has 1 saturated heterocycles. The van der Waals surface area contributed by atoms with Crippen LogP contribution in [0, 0.1) is 11.3 Å². The van der Waals surface area contributed by atoms with E-state index in [9.17, 15) is 4.79 Å². The Morgan fingerprint density at radius 2 is 2.06 bits per heavy atom. The van der Waals surface area contributed by atoms with Gasteiger partial charge in [-0.15, -0.1) is 0 Å². The molecule has 0 amide bonds. The summed E-state index contributed by atoms with van der Waals surface area (Å²) in [6, 6.07) is 0. The first kappa shape index (κ1) is 11.9. The number of carbonyl (C=O) groups is 1. The van der Waals surface area contributed by atoms with Crippen LogP contribution in [0.1, 0.15) is 45.4 Å². The zero-order valence-corrected chi connectivity index (χ0v) is 10.2. The molecule has 1 unspecified atom stereocenters. The van der Waals surface area contributed by atoms with Crippen molar-refractivity contribution in [3.63, 3.8) is 0 Å². The summed E-state index contributed by atoms with van der Waals surface area (Å²) in [5, 5.41) is 8.59. The molecule has 0 aromatic rings. The molecule has 0 aromatic carbocycles. The highest BCUT2D eigenvalue weighted by atomic mass is 16.4. The summed E-state index contributed by atoms with van der Waals surface area (Å²) in [5.74, 6) is -0.113. The Morgan fingerprint density at radius 1 is 1.38 bits per heavy atom. The number of carboxylic acid groups (broad SMARTS) is 1. The van der Waals surface area contributed by atoms with E-state index in [4.69, 9.17) is 5.11 Å². The van der Waals surface area contributed by atoms with Crippen LogP contribution in [-0.2, 0) is 4.79 Å². The van der Waals surface area contributed by atoms with Crippen molar-refractivity contribution in [2.24, 2.45) is 11.3 Å². The van der Waals surface area contributed by atoms with E-state index in [0.29, 0.717) is 12.3 Å². The van der Waals surface area contributed by atoms with Crippen molar-refractivity contribution in [1.82, 2.24) is 4.90 Å². The van der Waals surface area contributed by atoms with E-state index in [2.05, 4.69) is 11.8 Å². The van der Waals surface area contributed by atoms with Gasteiger partial charge in [-0.25, -0.2) is 0 Å². The highest BCUT2D eigenvalue weighted by Crippen LogP contribution is 2.48. The summed E-state index contributed by atoms with van der Waals surface area (Å²) >= 11 is 0. The van der Waals surface area contributed by atoms with Crippen LogP contribution < -0.4 is 0 Å². The zero-order chi connectivity index (χ0) is 11.6. The molecule has 1 spiro atoms. The molecule has 1 N–H and O–H groups in total. The first-order valence-electron chi connectivity index (χ1n) is 6.54. The van der Waals surface area contributed by atoms with E-state index in [0.717, 1.165) is 18.3 Å². The Balaban J connectivity index is 1.53. The van der Waals surface area contributed by atoms with Gasteiger partial charge in [-0.2, -0.15) is 0 Å². The number of aliphatic carboxylic acids is 1. The van der Waals surface area contributed by atoms with Crippen LogP contribution in [-0.4, -0.2) is 35.6 Å². The number of rotatable bonds is 6. The van der Waals surface area contributed by atoms with Gasteiger partial charge < -0.3 is 10.0 Å². The van der Waals surface area contributed by atoms with Gasteiger partial charge in [-0.3, -0.25) is 4.79 Å². The van der Waals surface area contributed by atoms with Gasteiger partial charge in [0, 0.05) is 19.5 Å². The van der Waals surface area contributed by atoms with Crippen LogP contribution in [0.25, 0.3) is 0 Å². The fraction of sp³-hybridized carbons (Fsp3) is 0.923. The second kappa shape index (κ2) is 4.74. The molecule has 1 aliphatic carbocycles. The molecule has 3 heteroatoms. The second-order valence-electron chi connectivity index (χ2n) is 5.89. The van der Waals surface area contributed by atoms with Crippen molar-refractivity contribution in [1.29, 1.82) is 0 Å². The minimum Gasteiger partial charge on any atom is -0.481 e. The van der Waals surface area contributed by atoms with E-state index < -0.39 is 5.97 Å². The molecule has 1 saturated carbocycles. The molecule has 2 rings (SSSR count). The SMILES string of the molecule is CC(CCC(=O)O)CCN1CC2(CCC2)C1. The van der Waals surface area contributed by atoms with Gasteiger partial charge in [0.05, 0.1) is 0 Å². The van der Waals surface area contributed by atoms with Gasteiger partial charge in [0.15, 0.2) is 0 Å². The molecule has 16 heavy (non-hydrogen) atoms. The molecular formula is C13H23NO2. The van der Waals surface area contributed by atoms with Crippen molar-refractivity contribution in [2.75, 3.05) is 19.6 Å². The van der Waals surface area contributed by atoms with E-state index >= 15 is 0 Å². The predicted molar refractivity (Wildman–Crippen MR) is 63.4 cm³/mol. The first-order chi connectivity index (χ1) is 7.60. The summed E-state index contributed by atoms with van der Waals surface area (Å²) in [4.78, 5) is 13.0. The Morgan fingerprint density at radius 3 is 2.56 bits per heavy atom. The minimum absolute atomic E-state index is 0.325. The van der Waals surface area contributed by atoms with Crippen molar-refractivity contribution >= 4 is 5.97 Å². The van der Waals surface area contributed by atoms with E-state index in [-0.39, 0.29) is 0 Å². The molecule has 92 valence electrons. The number of nitrogens with zero attached hydrogens (tertiary/aromatic N) is 1. The molecule has 0 aromatic heterocycles. The lowest BCUT2D eigenvalue weighted by Gasteiger charge is -2.56. The zero-order valence-electron chi connectivity index (χ0n) is 10.2. The van der Waals surface area contributed by atoms with Gasteiger partial charge in [0.1, 0.15) is 0 Å². The Bertz CT molecular complexity index is 253. The summed E-state index contributed by atoms with van der Waals surface area (Å²) in [6.45, 7) is 5.95. The predicted octanol–water partition coefficient (Wildman–Crippen LogP) is 2.36. The second-order valence-corrected chi connectivity index (χ2v) is 5.89. The fourth-order valence-corrected chi connectivity index (χ4v) is 2.97. The van der Waals surface area contributed by atoms with E-state index in [1.807, 2.05) is 0 Å². The molecular weight excluding hydrogens is 202 g/mol. The van der Waals surface area contributed by atoms with Crippen LogP contribution in [0.2, 0.25) is 0 Å². The summed E-state index contributed by atoms with van der Waals surface area (Å²) in [7, 11) is 0. The van der Waals surface area contributed by atoms with E-state index in [1.54, 1.807) is 0 Å². The van der Waals surface area contributed by atoms with Crippen molar-refractivity contribution in [2.45, 2.75) is 45.4 Å². The van der Waals surface area contributed by atoms with Crippen LogP contribution >= 0.6 is 0 Å². The highest BCUT2D eigenvalue weighted by Gasteiger charge is 2.46. The van der Waals surface area contributed by atoms with Gasteiger partial charge in [0.25, 0.3) is 0 Å². The van der Waals surface area contributed by atoms with Crippen LogP contribution in [0.4, 0.5) is 0 Å². The molecule has 1 heterocycles. The summed E-state index contributed by atoms with van der Waals surface area (Å²) in [6.07, 6.45) is 6.63. The molecule has 0 radical (unpaired) electrons. The van der Waals surface area contributed by atoms with Crippen molar-refractivity contribution < 1.29 is 9.90 Å². The average molecular weight is 225 g/mol. The number of hydrogen-bond donors (Lipinski definition) is 1. The smallest absolute Gasteiger partial charge is 0.303 e. The van der Waals surface area contributed by atoms with E-state index in [1.165, 1.54) is 38.9 Å². The normalized spacial score (nSPS) is 24.8. The third-order valence-corrected chi connectivity index (χ3v) is 4.32. The van der Waals surface area contributed by atoms with Gasteiger partial charge in [0.2, 0.25) is 0 Å². The standard InChI is InChI=1S/C13H23NO2/c1-11(3-4-12(15)16)5-8-14-9-13(10-14)6-2-7-13/h11H,2-10H2,1H3,(H,15,16). The third-order valence-electron chi connectivity index (χ3n) is 4.32. The fourth-order valence-electron chi connectivity index (χ4n) is 2.97. The lowest BCUT2D eigenvalue weighted by Crippen LogP contribution is -2.59. The van der Waals surface area contributed by atoms with Crippen molar-refractivity contribution in [3.8, 4) is 0 Å².